The number of aromatic hydroxyl groups is 1. The number of pyridine rings is 1. The molecule has 4 nitrogen and oxygen atoms in total. The van der Waals surface area contributed by atoms with Gasteiger partial charge in [-0.2, -0.15) is 0 Å². The summed E-state index contributed by atoms with van der Waals surface area (Å²) in [6.07, 6.45) is 1.90. The molecule has 7 aromatic carbocycles. The van der Waals surface area contributed by atoms with Crippen LogP contribution >= 0.6 is 0 Å². The van der Waals surface area contributed by atoms with E-state index < -0.39 is 5.89 Å². The summed E-state index contributed by atoms with van der Waals surface area (Å²) in [5, 5.41) is 12.5. The Balaban J connectivity index is 1.35. The van der Waals surface area contributed by atoms with E-state index in [1.165, 1.54) is 5.56 Å². The molecule has 0 amide bonds. The molecule has 0 aliphatic rings. The van der Waals surface area contributed by atoms with Gasteiger partial charge >= 0.3 is 0 Å². The number of phenols is 1. The molecule has 0 atom stereocenters. The smallest absolute Gasteiger partial charge is 0.149 e. The van der Waals surface area contributed by atoms with Crippen molar-refractivity contribution >= 4 is 11.0 Å². The van der Waals surface area contributed by atoms with Crippen LogP contribution in [-0.4, -0.2) is 19.6 Å². The average molecular weight is 837 g/mol. The van der Waals surface area contributed by atoms with E-state index in [1.54, 1.807) is 0 Å². The molecule has 0 fully saturated rings. The summed E-state index contributed by atoms with van der Waals surface area (Å²) >= 11 is 0. The molecular formula is C60H57N3O. The van der Waals surface area contributed by atoms with E-state index in [9.17, 15) is 6.48 Å². The molecule has 9 rings (SSSR count). The summed E-state index contributed by atoms with van der Waals surface area (Å²) in [6.45, 7) is 19.1. The van der Waals surface area contributed by atoms with Crippen molar-refractivity contribution in [3.8, 4) is 78.6 Å². The summed E-state index contributed by atoms with van der Waals surface area (Å²) < 4.78 is 11.5. The van der Waals surface area contributed by atoms with Crippen LogP contribution in [0.4, 0.5) is 0 Å². The molecule has 9 aromatic rings. The van der Waals surface area contributed by atoms with Crippen LogP contribution in [0.1, 0.15) is 84.9 Å². The van der Waals surface area contributed by atoms with Crippen LogP contribution in [0.25, 0.3) is 83.9 Å². The number of hydrogen-bond donors (Lipinski definition) is 1. The number of phenolic OH excluding ortho intramolecular Hbond substituents is 1. The van der Waals surface area contributed by atoms with Gasteiger partial charge in [0.15, 0.2) is 0 Å². The molecule has 0 bridgehead atoms. The number of imidazole rings is 1. The van der Waals surface area contributed by atoms with E-state index >= 15 is 0 Å². The number of fused-ring (bicyclic) bond motifs is 1. The third-order valence-corrected chi connectivity index (χ3v) is 12.4. The van der Waals surface area contributed by atoms with Crippen LogP contribution in [0.3, 0.4) is 0 Å². The van der Waals surface area contributed by atoms with Crippen molar-refractivity contribution < 1.29 is 6.48 Å². The largest absolute Gasteiger partial charge is 0.507 e. The zero-order chi connectivity index (χ0) is 45.8. The van der Waals surface area contributed by atoms with Gasteiger partial charge in [0.1, 0.15) is 11.6 Å². The average Bonchev–Trinajstić information content (AvgIpc) is 3.68. The molecule has 4 heteroatoms. The SMILES string of the molecule is [2H]C(C)(C)c1cc(-c2ccccc2)cc(-n2c(-c3cc(C(C)(C)C)cc(C(C)(C)C)c3O)nc3c(-c4cc(-c5ccccc5)cc(-c5cc(-c6ccc(C)cc6)ccn5)c4)cccc32)c1. The van der Waals surface area contributed by atoms with E-state index in [1.807, 2.05) is 44.3 Å². The molecule has 0 unspecified atom stereocenters. The standard InChI is InChI=1S/C60H57N3O/c1-38(2)44-29-46(41-19-14-11-15-20-41)34-50(33-44)63-55-22-16-21-51(56(55)62-58(63)52-36-49(59(4,5)6)37-53(57(52)64)60(7,8)9)47-30-45(40-17-12-10-13-18-40)31-48(32-47)54-35-43(27-28-61-54)42-25-23-39(3)24-26-42/h10-38,64H,1-9H3/i38D. The highest BCUT2D eigenvalue weighted by Crippen LogP contribution is 2.45. The van der Waals surface area contributed by atoms with Crippen molar-refractivity contribution in [2.75, 3.05) is 0 Å². The predicted molar refractivity (Wildman–Crippen MR) is 269 cm³/mol. The number of aryl methyl sites for hydroxylation is 1. The molecule has 0 aliphatic carbocycles. The molecule has 64 heavy (non-hydrogen) atoms. The third kappa shape index (κ3) is 8.29. The van der Waals surface area contributed by atoms with E-state index in [-0.39, 0.29) is 16.6 Å². The number of benzene rings is 7. The van der Waals surface area contributed by atoms with Gasteiger partial charge in [0.25, 0.3) is 0 Å². The van der Waals surface area contributed by atoms with Gasteiger partial charge in [-0.1, -0.05) is 170 Å². The van der Waals surface area contributed by atoms with Crippen molar-refractivity contribution in [3.63, 3.8) is 0 Å². The Labute approximate surface area is 380 Å². The van der Waals surface area contributed by atoms with Crippen molar-refractivity contribution in [1.82, 2.24) is 14.5 Å². The molecule has 0 saturated carbocycles. The molecule has 1 N–H and O–H groups in total. The Morgan fingerprint density at radius 1 is 0.547 bits per heavy atom. The molecule has 0 spiro atoms. The highest BCUT2D eigenvalue weighted by Gasteiger charge is 2.29. The summed E-state index contributed by atoms with van der Waals surface area (Å²) in [5.74, 6) is -0.0438. The summed E-state index contributed by atoms with van der Waals surface area (Å²) in [4.78, 5) is 10.6. The lowest BCUT2D eigenvalue weighted by molar-refractivity contribution is 0.446. The van der Waals surface area contributed by atoms with E-state index in [0.29, 0.717) is 11.4 Å². The molecule has 0 radical (unpaired) electrons. The first-order chi connectivity index (χ1) is 30.9. The van der Waals surface area contributed by atoms with Crippen LogP contribution in [0, 0.1) is 6.92 Å². The van der Waals surface area contributed by atoms with Crippen LogP contribution < -0.4 is 0 Å². The van der Waals surface area contributed by atoms with E-state index in [4.69, 9.17) is 9.97 Å². The Bertz CT molecular complexity index is 3200. The maximum Gasteiger partial charge on any atom is 0.149 e. The highest BCUT2D eigenvalue weighted by atomic mass is 16.3. The van der Waals surface area contributed by atoms with Crippen LogP contribution in [0.15, 0.2) is 170 Å². The van der Waals surface area contributed by atoms with Crippen molar-refractivity contribution in [3.05, 3.63) is 192 Å². The molecule has 2 heterocycles. The summed E-state index contributed by atoms with van der Waals surface area (Å²) in [5.41, 5.74) is 17.0. The quantitative estimate of drug-likeness (QED) is 0.166. The van der Waals surface area contributed by atoms with Gasteiger partial charge in [0.2, 0.25) is 0 Å². The lowest BCUT2D eigenvalue weighted by Gasteiger charge is -2.27. The second-order valence-electron chi connectivity index (χ2n) is 19.5. The second-order valence-corrected chi connectivity index (χ2v) is 19.5. The topological polar surface area (TPSA) is 50.9 Å². The van der Waals surface area contributed by atoms with E-state index in [2.05, 4.69) is 193 Å². The minimum atomic E-state index is -0.895. The maximum absolute atomic E-state index is 12.5. The fraction of sp³-hybridized carbons (Fsp3) is 0.200. The van der Waals surface area contributed by atoms with Gasteiger partial charge in [-0.3, -0.25) is 9.55 Å². The number of rotatable bonds is 8. The Morgan fingerprint density at radius 2 is 1.17 bits per heavy atom. The number of para-hydroxylation sites is 1. The monoisotopic (exact) mass is 836 g/mol. The van der Waals surface area contributed by atoms with Gasteiger partial charge in [0.05, 0.1) is 22.3 Å². The molecule has 0 aliphatic heterocycles. The van der Waals surface area contributed by atoms with Crippen molar-refractivity contribution in [2.24, 2.45) is 0 Å². The molecule has 0 saturated heterocycles. The van der Waals surface area contributed by atoms with E-state index in [0.717, 1.165) is 89.2 Å². The normalized spacial score (nSPS) is 12.4. The molecule has 318 valence electrons. The van der Waals surface area contributed by atoms with Gasteiger partial charge in [-0.25, -0.2) is 4.98 Å². The Morgan fingerprint density at radius 3 is 1.81 bits per heavy atom. The van der Waals surface area contributed by atoms with Crippen LogP contribution in [0.5, 0.6) is 5.75 Å². The Hall–Kier alpha value is -7.04. The fourth-order valence-corrected chi connectivity index (χ4v) is 8.65. The number of aromatic nitrogens is 3. The first kappa shape index (κ1) is 41.0. The second kappa shape index (κ2) is 16.6. The zero-order valence-corrected chi connectivity index (χ0v) is 38.5. The molecule has 2 aromatic heterocycles. The lowest BCUT2D eigenvalue weighted by Crippen LogP contribution is -2.17. The van der Waals surface area contributed by atoms with Gasteiger partial charge in [0, 0.05) is 29.9 Å². The van der Waals surface area contributed by atoms with Gasteiger partial charge in [-0.05, 0) is 128 Å². The number of nitrogens with zero attached hydrogens (tertiary/aromatic N) is 3. The predicted octanol–water partition coefficient (Wildman–Crippen LogP) is 16.2. The summed E-state index contributed by atoms with van der Waals surface area (Å²) in [7, 11) is 0. The molecular weight excluding hydrogens is 779 g/mol. The van der Waals surface area contributed by atoms with Gasteiger partial charge < -0.3 is 5.11 Å². The first-order valence-corrected chi connectivity index (χ1v) is 22.3. The first-order valence-electron chi connectivity index (χ1n) is 22.8. The van der Waals surface area contributed by atoms with Crippen LogP contribution in [0.2, 0.25) is 0 Å². The minimum absolute atomic E-state index is 0.209. The Kier molecular flexibility index (Phi) is 10.6. The third-order valence-electron chi connectivity index (χ3n) is 12.4. The number of hydrogen-bond acceptors (Lipinski definition) is 3. The van der Waals surface area contributed by atoms with Crippen molar-refractivity contribution in [2.45, 2.75) is 79.0 Å². The summed E-state index contributed by atoms with van der Waals surface area (Å²) in [6, 6.07) is 57.5. The van der Waals surface area contributed by atoms with Gasteiger partial charge in [-0.15, -0.1) is 0 Å². The lowest BCUT2D eigenvalue weighted by atomic mass is 9.79. The van der Waals surface area contributed by atoms with Crippen LogP contribution in [-0.2, 0) is 10.8 Å². The minimum Gasteiger partial charge on any atom is -0.507 e. The maximum atomic E-state index is 12.5. The zero-order valence-electron chi connectivity index (χ0n) is 39.5. The highest BCUT2D eigenvalue weighted by molar-refractivity contribution is 5.98. The van der Waals surface area contributed by atoms with Crippen molar-refractivity contribution in [1.29, 1.82) is 0 Å². The fourth-order valence-electron chi connectivity index (χ4n) is 8.65.